The first-order valence-electron chi connectivity index (χ1n) is 6.32. The van der Waals surface area contributed by atoms with Crippen molar-refractivity contribution in [2.45, 2.75) is 31.6 Å². The molecule has 6 heteroatoms. The maximum Gasteiger partial charge on any atom is 0.240 e. The predicted molar refractivity (Wildman–Crippen MR) is 73.8 cm³/mol. The van der Waals surface area contributed by atoms with E-state index < -0.39 is 15.8 Å². The van der Waals surface area contributed by atoms with E-state index in [0.29, 0.717) is 24.6 Å². The van der Waals surface area contributed by atoms with Gasteiger partial charge in [0.25, 0.3) is 0 Å². The standard InChI is InChI=1S/C13H21FN2O2S/c1-10(9-15)4-3-7-16-19(17,18)13-6-5-12(14)8-11(13)2/h5-6,8,10,16H,3-4,7,9,15H2,1-2H3. The van der Waals surface area contributed by atoms with Crippen molar-refractivity contribution in [1.29, 1.82) is 0 Å². The largest absolute Gasteiger partial charge is 0.330 e. The molecule has 0 aromatic heterocycles. The van der Waals surface area contributed by atoms with Crippen LogP contribution in [0.15, 0.2) is 23.1 Å². The van der Waals surface area contributed by atoms with Crippen LogP contribution in [-0.4, -0.2) is 21.5 Å². The summed E-state index contributed by atoms with van der Waals surface area (Å²) in [5.74, 6) is -0.0507. The van der Waals surface area contributed by atoms with E-state index in [1.807, 2.05) is 6.92 Å². The van der Waals surface area contributed by atoms with E-state index in [-0.39, 0.29) is 4.90 Å². The van der Waals surface area contributed by atoms with E-state index in [1.54, 1.807) is 6.92 Å². The van der Waals surface area contributed by atoms with Crippen LogP contribution in [0.1, 0.15) is 25.3 Å². The van der Waals surface area contributed by atoms with Crippen LogP contribution in [0.2, 0.25) is 0 Å². The number of nitrogens with one attached hydrogen (secondary N) is 1. The van der Waals surface area contributed by atoms with Gasteiger partial charge in [0.05, 0.1) is 4.90 Å². The lowest BCUT2D eigenvalue weighted by Crippen LogP contribution is -2.26. The molecule has 0 aliphatic carbocycles. The Morgan fingerprint density at radius 2 is 2.11 bits per heavy atom. The fourth-order valence-electron chi connectivity index (χ4n) is 1.77. The molecule has 0 spiro atoms. The summed E-state index contributed by atoms with van der Waals surface area (Å²) in [5, 5.41) is 0. The average molecular weight is 288 g/mol. The van der Waals surface area contributed by atoms with Gasteiger partial charge in [-0.3, -0.25) is 0 Å². The third-order valence-electron chi connectivity index (χ3n) is 2.99. The van der Waals surface area contributed by atoms with Crippen LogP contribution >= 0.6 is 0 Å². The van der Waals surface area contributed by atoms with Crippen molar-refractivity contribution in [2.24, 2.45) is 11.7 Å². The zero-order valence-corrected chi connectivity index (χ0v) is 12.1. The van der Waals surface area contributed by atoms with E-state index in [0.717, 1.165) is 18.9 Å². The quantitative estimate of drug-likeness (QED) is 0.751. The fourth-order valence-corrected chi connectivity index (χ4v) is 3.07. The Kier molecular flexibility index (Phi) is 5.90. The van der Waals surface area contributed by atoms with E-state index in [1.165, 1.54) is 12.1 Å². The summed E-state index contributed by atoms with van der Waals surface area (Å²) in [4.78, 5) is 0.126. The topological polar surface area (TPSA) is 72.2 Å². The molecule has 19 heavy (non-hydrogen) atoms. The average Bonchev–Trinajstić information content (AvgIpc) is 2.33. The molecule has 108 valence electrons. The Balaban J connectivity index is 2.61. The number of nitrogens with two attached hydrogens (primary N) is 1. The van der Waals surface area contributed by atoms with Crippen LogP contribution < -0.4 is 10.5 Å². The molecular weight excluding hydrogens is 267 g/mol. The first kappa shape index (κ1) is 16.1. The molecule has 1 aromatic carbocycles. The molecule has 1 unspecified atom stereocenters. The zero-order chi connectivity index (χ0) is 14.5. The molecule has 1 atom stereocenters. The molecule has 0 saturated heterocycles. The summed E-state index contributed by atoms with van der Waals surface area (Å²) in [6, 6.07) is 3.65. The zero-order valence-electron chi connectivity index (χ0n) is 11.3. The molecular formula is C13H21FN2O2S. The van der Waals surface area contributed by atoms with Gasteiger partial charge in [0.2, 0.25) is 10.0 Å². The minimum absolute atomic E-state index is 0.126. The van der Waals surface area contributed by atoms with Crippen molar-refractivity contribution in [3.8, 4) is 0 Å². The molecule has 4 nitrogen and oxygen atoms in total. The minimum Gasteiger partial charge on any atom is -0.330 e. The van der Waals surface area contributed by atoms with Crippen molar-refractivity contribution in [3.63, 3.8) is 0 Å². The fraction of sp³-hybridized carbons (Fsp3) is 0.538. The highest BCUT2D eigenvalue weighted by molar-refractivity contribution is 7.89. The number of benzene rings is 1. The molecule has 0 radical (unpaired) electrons. The van der Waals surface area contributed by atoms with Gasteiger partial charge in [-0.15, -0.1) is 0 Å². The first-order chi connectivity index (χ1) is 8.86. The number of hydrogen-bond acceptors (Lipinski definition) is 3. The molecule has 0 aliphatic heterocycles. The van der Waals surface area contributed by atoms with Gasteiger partial charge in [-0.2, -0.15) is 0 Å². The SMILES string of the molecule is Cc1cc(F)ccc1S(=O)(=O)NCCCC(C)CN. The predicted octanol–water partition coefficient (Wildman–Crippen LogP) is 1.79. The van der Waals surface area contributed by atoms with Gasteiger partial charge in [-0.25, -0.2) is 17.5 Å². The summed E-state index contributed by atoms with van der Waals surface area (Å²) in [5.41, 5.74) is 5.90. The van der Waals surface area contributed by atoms with E-state index >= 15 is 0 Å². The van der Waals surface area contributed by atoms with Gasteiger partial charge in [0.1, 0.15) is 5.82 Å². The summed E-state index contributed by atoms with van der Waals surface area (Å²) in [6.07, 6.45) is 1.61. The number of halogens is 1. The molecule has 3 N–H and O–H groups in total. The number of hydrogen-bond donors (Lipinski definition) is 2. The maximum absolute atomic E-state index is 12.9. The Morgan fingerprint density at radius 1 is 1.42 bits per heavy atom. The Hall–Kier alpha value is -0.980. The number of aryl methyl sites for hydroxylation is 1. The van der Waals surface area contributed by atoms with Gasteiger partial charge in [0, 0.05) is 6.54 Å². The minimum atomic E-state index is -3.56. The van der Waals surface area contributed by atoms with Crippen molar-refractivity contribution < 1.29 is 12.8 Å². The first-order valence-corrected chi connectivity index (χ1v) is 7.81. The summed E-state index contributed by atoms with van der Waals surface area (Å²) >= 11 is 0. The third kappa shape index (κ3) is 4.89. The van der Waals surface area contributed by atoms with Crippen LogP contribution in [-0.2, 0) is 10.0 Å². The van der Waals surface area contributed by atoms with Crippen LogP contribution in [0.4, 0.5) is 4.39 Å². The van der Waals surface area contributed by atoms with Crippen molar-refractivity contribution >= 4 is 10.0 Å². The van der Waals surface area contributed by atoms with Crippen molar-refractivity contribution in [2.75, 3.05) is 13.1 Å². The third-order valence-corrected chi connectivity index (χ3v) is 4.62. The van der Waals surface area contributed by atoms with Gasteiger partial charge in [-0.05, 0) is 56.0 Å². The summed E-state index contributed by atoms with van der Waals surface area (Å²) < 4.78 is 39.5. The second kappa shape index (κ2) is 6.98. The second-order valence-corrected chi connectivity index (χ2v) is 6.53. The van der Waals surface area contributed by atoms with Crippen LogP contribution in [0.25, 0.3) is 0 Å². The second-order valence-electron chi connectivity index (χ2n) is 4.79. The van der Waals surface area contributed by atoms with Crippen LogP contribution in [0.3, 0.4) is 0 Å². The van der Waals surface area contributed by atoms with Gasteiger partial charge in [0.15, 0.2) is 0 Å². The molecule has 1 aromatic rings. The smallest absolute Gasteiger partial charge is 0.240 e. The molecule has 0 amide bonds. The van der Waals surface area contributed by atoms with Crippen LogP contribution in [0.5, 0.6) is 0 Å². The number of rotatable bonds is 7. The van der Waals surface area contributed by atoms with Crippen molar-refractivity contribution in [1.82, 2.24) is 4.72 Å². The Morgan fingerprint density at radius 3 is 2.68 bits per heavy atom. The Bertz CT molecular complexity index is 517. The maximum atomic E-state index is 12.9. The lowest BCUT2D eigenvalue weighted by Gasteiger charge is -2.11. The number of sulfonamides is 1. The highest BCUT2D eigenvalue weighted by Crippen LogP contribution is 2.16. The van der Waals surface area contributed by atoms with Gasteiger partial charge in [-0.1, -0.05) is 6.92 Å². The van der Waals surface area contributed by atoms with E-state index in [2.05, 4.69) is 4.72 Å². The monoisotopic (exact) mass is 288 g/mol. The lowest BCUT2D eigenvalue weighted by atomic mass is 10.1. The van der Waals surface area contributed by atoms with Gasteiger partial charge >= 0.3 is 0 Å². The summed E-state index contributed by atoms with van der Waals surface area (Å²) in [6.45, 7) is 4.57. The van der Waals surface area contributed by atoms with Gasteiger partial charge < -0.3 is 5.73 Å². The molecule has 0 fully saturated rings. The van der Waals surface area contributed by atoms with E-state index in [4.69, 9.17) is 5.73 Å². The van der Waals surface area contributed by atoms with E-state index in [9.17, 15) is 12.8 Å². The molecule has 0 bridgehead atoms. The highest BCUT2D eigenvalue weighted by atomic mass is 32.2. The molecule has 0 heterocycles. The van der Waals surface area contributed by atoms with Crippen LogP contribution in [0, 0.1) is 18.7 Å². The highest BCUT2D eigenvalue weighted by Gasteiger charge is 2.16. The Labute approximate surface area is 114 Å². The summed E-state index contributed by atoms with van der Waals surface area (Å²) in [7, 11) is -3.56. The molecule has 0 saturated carbocycles. The molecule has 0 aliphatic rings. The normalized spacial score (nSPS) is 13.5. The van der Waals surface area contributed by atoms with Crippen molar-refractivity contribution in [3.05, 3.63) is 29.6 Å². The lowest BCUT2D eigenvalue weighted by molar-refractivity contribution is 0.513. The molecule has 1 rings (SSSR count).